The molecule has 0 saturated carbocycles. The molecule has 108 valence electrons. The molecule has 19 heavy (non-hydrogen) atoms. The van der Waals surface area contributed by atoms with E-state index in [-0.39, 0.29) is 0 Å². The van der Waals surface area contributed by atoms with Gasteiger partial charge >= 0.3 is 0 Å². The Morgan fingerprint density at radius 3 is 2.53 bits per heavy atom. The lowest BCUT2D eigenvalue weighted by atomic mass is 10.1. The Labute approximate surface area is 117 Å². The van der Waals surface area contributed by atoms with Crippen LogP contribution < -0.4 is 5.32 Å². The zero-order chi connectivity index (χ0) is 14.1. The molecule has 0 aliphatic carbocycles. The molecule has 4 heteroatoms. The SMILES string of the molecule is CCCNc1cnc(CN(CC)CC(C)CC)cn1. The topological polar surface area (TPSA) is 41.1 Å². The number of nitrogens with one attached hydrogen (secondary N) is 1. The van der Waals surface area contributed by atoms with Gasteiger partial charge < -0.3 is 5.32 Å². The van der Waals surface area contributed by atoms with Crippen LogP contribution in [-0.2, 0) is 6.54 Å². The average molecular weight is 264 g/mol. The molecule has 0 radical (unpaired) electrons. The van der Waals surface area contributed by atoms with Crippen LogP contribution in [-0.4, -0.2) is 34.5 Å². The lowest BCUT2D eigenvalue weighted by Crippen LogP contribution is -2.28. The minimum Gasteiger partial charge on any atom is -0.369 e. The highest BCUT2D eigenvalue weighted by Gasteiger charge is 2.09. The maximum Gasteiger partial charge on any atom is 0.144 e. The molecule has 0 aliphatic rings. The second-order valence-electron chi connectivity index (χ2n) is 5.16. The quantitative estimate of drug-likeness (QED) is 0.744. The Balaban J connectivity index is 2.50. The molecule has 1 aromatic rings. The van der Waals surface area contributed by atoms with E-state index < -0.39 is 0 Å². The monoisotopic (exact) mass is 264 g/mol. The summed E-state index contributed by atoms with van der Waals surface area (Å²) in [7, 11) is 0. The summed E-state index contributed by atoms with van der Waals surface area (Å²) in [6.45, 7) is 12.9. The van der Waals surface area contributed by atoms with Crippen molar-refractivity contribution in [2.45, 2.75) is 47.1 Å². The zero-order valence-corrected chi connectivity index (χ0v) is 12.8. The Kier molecular flexibility index (Phi) is 7.41. The molecular weight excluding hydrogens is 236 g/mol. The van der Waals surface area contributed by atoms with Crippen LogP contribution in [0.25, 0.3) is 0 Å². The summed E-state index contributed by atoms with van der Waals surface area (Å²) in [5, 5.41) is 3.24. The van der Waals surface area contributed by atoms with E-state index in [4.69, 9.17) is 0 Å². The summed E-state index contributed by atoms with van der Waals surface area (Å²) >= 11 is 0. The first-order valence-electron chi connectivity index (χ1n) is 7.46. The molecule has 1 heterocycles. The van der Waals surface area contributed by atoms with Crippen LogP contribution in [0.1, 0.15) is 46.2 Å². The van der Waals surface area contributed by atoms with E-state index in [1.807, 2.05) is 12.4 Å². The van der Waals surface area contributed by atoms with Gasteiger partial charge in [-0.3, -0.25) is 9.88 Å². The van der Waals surface area contributed by atoms with E-state index in [2.05, 4.69) is 47.9 Å². The number of aromatic nitrogens is 2. The highest BCUT2D eigenvalue weighted by Crippen LogP contribution is 2.08. The van der Waals surface area contributed by atoms with E-state index in [1.165, 1.54) is 6.42 Å². The van der Waals surface area contributed by atoms with Crippen molar-refractivity contribution in [2.24, 2.45) is 5.92 Å². The van der Waals surface area contributed by atoms with Gasteiger partial charge in [0.05, 0.1) is 18.1 Å². The molecule has 1 unspecified atom stereocenters. The molecule has 0 saturated heterocycles. The standard InChI is InChI=1S/C15H28N4/c1-5-8-16-15-10-17-14(9-18-15)12-19(7-3)11-13(4)6-2/h9-10,13H,5-8,11-12H2,1-4H3,(H,16,18). The van der Waals surface area contributed by atoms with Gasteiger partial charge in [0.2, 0.25) is 0 Å². The molecule has 0 aliphatic heterocycles. The normalized spacial score (nSPS) is 12.7. The molecule has 0 amide bonds. The number of rotatable bonds is 9. The fraction of sp³-hybridized carbons (Fsp3) is 0.733. The highest BCUT2D eigenvalue weighted by atomic mass is 15.1. The van der Waals surface area contributed by atoms with Gasteiger partial charge in [-0.15, -0.1) is 0 Å². The lowest BCUT2D eigenvalue weighted by Gasteiger charge is -2.23. The Hall–Kier alpha value is -1.16. The van der Waals surface area contributed by atoms with Crippen LogP contribution in [0.5, 0.6) is 0 Å². The minimum absolute atomic E-state index is 0.735. The second-order valence-corrected chi connectivity index (χ2v) is 5.16. The maximum atomic E-state index is 4.49. The van der Waals surface area contributed by atoms with Crippen molar-refractivity contribution >= 4 is 5.82 Å². The van der Waals surface area contributed by atoms with Gasteiger partial charge in [0.25, 0.3) is 0 Å². The van der Waals surface area contributed by atoms with Gasteiger partial charge in [-0.1, -0.05) is 34.1 Å². The van der Waals surface area contributed by atoms with Gasteiger partial charge in [-0.25, -0.2) is 4.98 Å². The van der Waals surface area contributed by atoms with E-state index >= 15 is 0 Å². The number of nitrogens with zero attached hydrogens (tertiary/aromatic N) is 3. The Morgan fingerprint density at radius 2 is 2.00 bits per heavy atom. The molecule has 1 aromatic heterocycles. The van der Waals surface area contributed by atoms with E-state index in [0.29, 0.717) is 0 Å². The van der Waals surface area contributed by atoms with Crippen molar-refractivity contribution in [1.82, 2.24) is 14.9 Å². The molecule has 0 bridgehead atoms. The van der Waals surface area contributed by atoms with Crippen molar-refractivity contribution in [3.05, 3.63) is 18.1 Å². The van der Waals surface area contributed by atoms with E-state index in [1.54, 1.807) is 0 Å². The fourth-order valence-corrected chi connectivity index (χ4v) is 1.89. The average Bonchev–Trinajstić information content (AvgIpc) is 2.45. The molecule has 1 atom stereocenters. The van der Waals surface area contributed by atoms with Crippen LogP contribution in [0, 0.1) is 5.92 Å². The van der Waals surface area contributed by atoms with Crippen molar-refractivity contribution in [3.8, 4) is 0 Å². The van der Waals surface area contributed by atoms with Crippen LogP contribution in [0.3, 0.4) is 0 Å². The second kappa shape index (κ2) is 8.86. The van der Waals surface area contributed by atoms with Crippen molar-refractivity contribution in [2.75, 3.05) is 25.0 Å². The largest absolute Gasteiger partial charge is 0.369 e. The summed E-state index contributed by atoms with van der Waals surface area (Å²) in [5.74, 6) is 1.61. The summed E-state index contributed by atoms with van der Waals surface area (Å²) < 4.78 is 0. The third kappa shape index (κ3) is 6.01. The van der Waals surface area contributed by atoms with E-state index in [9.17, 15) is 0 Å². The summed E-state index contributed by atoms with van der Waals surface area (Å²) in [5.41, 5.74) is 1.05. The van der Waals surface area contributed by atoms with Crippen molar-refractivity contribution in [3.63, 3.8) is 0 Å². The number of hydrogen-bond donors (Lipinski definition) is 1. The lowest BCUT2D eigenvalue weighted by molar-refractivity contribution is 0.235. The maximum absolute atomic E-state index is 4.49. The van der Waals surface area contributed by atoms with Gasteiger partial charge in [0.15, 0.2) is 0 Å². The highest BCUT2D eigenvalue weighted by molar-refractivity contribution is 5.30. The first-order valence-corrected chi connectivity index (χ1v) is 7.46. The van der Waals surface area contributed by atoms with Crippen molar-refractivity contribution in [1.29, 1.82) is 0 Å². The van der Waals surface area contributed by atoms with Crippen molar-refractivity contribution < 1.29 is 0 Å². The van der Waals surface area contributed by atoms with Gasteiger partial charge in [0, 0.05) is 19.6 Å². The van der Waals surface area contributed by atoms with E-state index in [0.717, 1.165) is 50.0 Å². The Bertz CT molecular complexity index is 337. The third-order valence-electron chi connectivity index (χ3n) is 3.36. The predicted molar refractivity (Wildman–Crippen MR) is 81.2 cm³/mol. The molecule has 1 N–H and O–H groups in total. The Morgan fingerprint density at radius 1 is 1.21 bits per heavy atom. The van der Waals surface area contributed by atoms with Crippen LogP contribution in [0.15, 0.2) is 12.4 Å². The molecule has 0 fully saturated rings. The van der Waals surface area contributed by atoms with Crippen LogP contribution >= 0.6 is 0 Å². The molecule has 0 spiro atoms. The summed E-state index contributed by atoms with van der Waals surface area (Å²) in [4.78, 5) is 11.3. The number of anilines is 1. The van der Waals surface area contributed by atoms with Gasteiger partial charge in [0.1, 0.15) is 5.82 Å². The van der Waals surface area contributed by atoms with Gasteiger partial charge in [-0.2, -0.15) is 0 Å². The van der Waals surface area contributed by atoms with Gasteiger partial charge in [-0.05, 0) is 18.9 Å². The predicted octanol–water partition coefficient (Wildman–Crippen LogP) is 3.17. The molecule has 4 nitrogen and oxygen atoms in total. The fourth-order valence-electron chi connectivity index (χ4n) is 1.89. The molecular formula is C15H28N4. The first kappa shape index (κ1) is 15.9. The summed E-state index contributed by atoms with van der Waals surface area (Å²) in [6.07, 6.45) is 6.04. The smallest absolute Gasteiger partial charge is 0.144 e. The number of hydrogen-bond acceptors (Lipinski definition) is 4. The molecule has 1 rings (SSSR count). The van der Waals surface area contributed by atoms with Crippen LogP contribution in [0.4, 0.5) is 5.82 Å². The summed E-state index contributed by atoms with van der Waals surface area (Å²) in [6, 6.07) is 0. The minimum atomic E-state index is 0.735. The first-order chi connectivity index (χ1) is 9.19. The zero-order valence-electron chi connectivity index (χ0n) is 12.8. The molecule has 0 aromatic carbocycles. The van der Waals surface area contributed by atoms with Crippen LogP contribution in [0.2, 0.25) is 0 Å². The third-order valence-corrected chi connectivity index (χ3v) is 3.36.